The number of hydrogen-bond donors (Lipinski definition) is 1. The van der Waals surface area contributed by atoms with E-state index in [1.165, 1.54) is 19.5 Å². The van der Waals surface area contributed by atoms with E-state index in [0.29, 0.717) is 0 Å². The van der Waals surface area contributed by atoms with Crippen molar-refractivity contribution in [2.45, 2.75) is 18.9 Å². The molecule has 0 radical (unpaired) electrons. The maximum atomic E-state index is 9.09. The van der Waals surface area contributed by atoms with E-state index in [1.54, 1.807) is 0 Å². The molecular weight excluding hydrogens is 200 g/mol. The van der Waals surface area contributed by atoms with Crippen LogP contribution >= 0.6 is 0 Å². The average molecular weight is 224 g/mol. The molecule has 1 fully saturated rings. The Morgan fingerprint density at radius 2 is 2.31 bits per heavy atom. The Kier molecular flexibility index (Phi) is 4.72. The lowest BCUT2D eigenvalue weighted by Crippen LogP contribution is -2.48. The molecule has 0 spiro atoms. The Balaban J connectivity index is 2.36. The van der Waals surface area contributed by atoms with E-state index in [-0.39, 0.29) is 0 Å². The maximum absolute atomic E-state index is 9.09. The normalized spacial score (nSPS) is 25.6. The van der Waals surface area contributed by atoms with Crippen molar-refractivity contribution in [3.63, 3.8) is 0 Å². The molecule has 1 rings (SSSR count). The van der Waals surface area contributed by atoms with Crippen molar-refractivity contribution >= 4 is 0 Å². The zero-order valence-corrected chi connectivity index (χ0v) is 11.0. The van der Waals surface area contributed by atoms with E-state index >= 15 is 0 Å². The third-order valence-corrected chi connectivity index (χ3v) is 3.44. The molecule has 92 valence electrons. The highest BCUT2D eigenvalue weighted by Crippen LogP contribution is 2.16. The number of nitriles is 1. The lowest BCUT2D eigenvalue weighted by atomic mass is 10.0. The van der Waals surface area contributed by atoms with Crippen LogP contribution in [0.4, 0.5) is 0 Å². The van der Waals surface area contributed by atoms with Crippen molar-refractivity contribution in [2.75, 3.05) is 47.3 Å². The van der Waals surface area contributed by atoms with Crippen molar-refractivity contribution in [1.82, 2.24) is 15.1 Å². The van der Waals surface area contributed by atoms with Gasteiger partial charge in [-0.25, -0.2) is 0 Å². The Labute approximate surface area is 99.2 Å². The quantitative estimate of drug-likeness (QED) is 0.733. The van der Waals surface area contributed by atoms with Crippen LogP contribution < -0.4 is 5.32 Å². The van der Waals surface area contributed by atoms with E-state index in [1.807, 2.05) is 14.0 Å². The first-order valence-electron chi connectivity index (χ1n) is 5.96. The van der Waals surface area contributed by atoms with Gasteiger partial charge in [-0.2, -0.15) is 5.26 Å². The van der Waals surface area contributed by atoms with Crippen LogP contribution in [0.15, 0.2) is 0 Å². The lowest BCUT2D eigenvalue weighted by Gasteiger charge is -2.29. The van der Waals surface area contributed by atoms with Gasteiger partial charge in [0.05, 0.1) is 6.07 Å². The van der Waals surface area contributed by atoms with Crippen LogP contribution in [0.2, 0.25) is 0 Å². The highest BCUT2D eigenvalue weighted by Gasteiger charge is 2.26. The van der Waals surface area contributed by atoms with Crippen LogP contribution in [0.1, 0.15) is 13.3 Å². The maximum Gasteiger partial charge on any atom is 0.116 e. The van der Waals surface area contributed by atoms with E-state index in [9.17, 15) is 0 Å². The molecule has 1 aliphatic heterocycles. The molecule has 4 heteroatoms. The molecule has 0 aromatic rings. The summed E-state index contributed by atoms with van der Waals surface area (Å²) in [7, 11) is 6.12. The van der Waals surface area contributed by atoms with Crippen LogP contribution in [0.25, 0.3) is 0 Å². The summed E-state index contributed by atoms with van der Waals surface area (Å²) in [6.07, 6.45) is 1.28. The predicted octanol–water partition coefficient (Wildman–Crippen LogP) is 0.372. The summed E-state index contributed by atoms with van der Waals surface area (Å²) in [5, 5.41) is 12.2. The number of nitrogens with zero attached hydrogens (tertiary/aromatic N) is 3. The molecule has 1 heterocycles. The average Bonchev–Trinajstić information content (AvgIpc) is 2.63. The minimum atomic E-state index is -0.431. The molecule has 0 aromatic carbocycles. The fourth-order valence-electron chi connectivity index (χ4n) is 2.39. The predicted molar refractivity (Wildman–Crippen MR) is 66.2 cm³/mol. The fourth-order valence-corrected chi connectivity index (χ4v) is 2.39. The molecule has 0 aromatic heterocycles. The van der Waals surface area contributed by atoms with Crippen LogP contribution in [0, 0.1) is 17.2 Å². The molecule has 2 unspecified atom stereocenters. The van der Waals surface area contributed by atoms with Crippen molar-refractivity contribution in [2.24, 2.45) is 5.92 Å². The third kappa shape index (κ3) is 3.75. The van der Waals surface area contributed by atoms with Gasteiger partial charge in [0.1, 0.15) is 5.54 Å². The van der Waals surface area contributed by atoms with Gasteiger partial charge in [0.25, 0.3) is 0 Å². The van der Waals surface area contributed by atoms with E-state index in [0.717, 1.165) is 19.0 Å². The molecule has 4 nitrogen and oxygen atoms in total. The summed E-state index contributed by atoms with van der Waals surface area (Å²) in [6, 6.07) is 2.33. The van der Waals surface area contributed by atoms with Gasteiger partial charge in [-0.1, -0.05) is 0 Å². The second kappa shape index (κ2) is 5.62. The van der Waals surface area contributed by atoms with Gasteiger partial charge in [0.2, 0.25) is 0 Å². The molecule has 0 amide bonds. The van der Waals surface area contributed by atoms with E-state index in [2.05, 4.69) is 35.3 Å². The first-order chi connectivity index (χ1) is 7.49. The molecule has 0 bridgehead atoms. The lowest BCUT2D eigenvalue weighted by molar-refractivity contribution is 0.232. The zero-order chi connectivity index (χ0) is 12.2. The fraction of sp³-hybridized carbons (Fsp3) is 0.917. The van der Waals surface area contributed by atoms with Gasteiger partial charge < -0.3 is 15.1 Å². The first kappa shape index (κ1) is 13.4. The van der Waals surface area contributed by atoms with Crippen LogP contribution in [0.3, 0.4) is 0 Å². The van der Waals surface area contributed by atoms with Gasteiger partial charge in [-0.3, -0.25) is 0 Å². The molecule has 1 N–H and O–H groups in total. The number of likely N-dealkylation sites (tertiary alicyclic amines) is 1. The van der Waals surface area contributed by atoms with Crippen LogP contribution in [-0.4, -0.2) is 62.7 Å². The minimum Gasteiger partial charge on any atom is -0.306 e. The Bertz CT molecular complexity index is 260. The van der Waals surface area contributed by atoms with Crippen molar-refractivity contribution < 1.29 is 0 Å². The summed E-state index contributed by atoms with van der Waals surface area (Å²) in [5.41, 5.74) is -0.431. The summed E-state index contributed by atoms with van der Waals surface area (Å²) in [5.74, 6) is 0.759. The first-order valence-corrected chi connectivity index (χ1v) is 5.96. The molecule has 16 heavy (non-hydrogen) atoms. The molecule has 1 saturated heterocycles. The molecule has 0 aliphatic carbocycles. The standard InChI is InChI=1S/C12H24N4/c1-12(9-13,14-2)10-16(4)8-11-5-6-15(3)7-11/h11,14H,5-8,10H2,1-4H3. The highest BCUT2D eigenvalue weighted by molar-refractivity contribution is 5.04. The van der Waals surface area contributed by atoms with Gasteiger partial charge in [-0.15, -0.1) is 0 Å². The van der Waals surface area contributed by atoms with E-state index in [4.69, 9.17) is 5.26 Å². The van der Waals surface area contributed by atoms with Crippen molar-refractivity contribution in [3.05, 3.63) is 0 Å². The molecule has 2 atom stereocenters. The van der Waals surface area contributed by atoms with Gasteiger partial charge in [0.15, 0.2) is 0 Å². The topological polar surface area (TPSA) is 42.3 Å². The molecular formula is C12H24N4. The van der Waals surface area contributed by atoms with Gasteiger partial charge in [-0.05, 0) is 47.0 Å². The number of likely N-dealkylation sites (N-methyl/N-ethyl adjacent to an activating group) is 2. The summed E-state index contributed by atoms with van der Waals surface area (Å²) >= 11 is 0. The third-order valence-electron chi connectivity index (χ3n) is 3.44. The summed E-state index contributed by atoms with van der Waals surface area (Å²) in [6.45, 7) is 6.21. The summed E-state index contributed by atoms with van der Waals surface area (Å²) < 4.78 is 0. The molecule has 0 saturated carbocycles. The van der Waals surface area contributed by atoms with E-state index < -0.39 is 5.54 Å². The Morgan fingerprint density at radius 3 is 2.75 bits per heavy atom. The van der Waals surface area contributed by atoms with Gasteiger partial charge in [0, 0.05) is 19.6 Å². The minimum absolute atomic E-state index is 0.431. The monoisotopic (exact) mass is 224 g/mol. The Hall–Kier alpha value is -0.630. The van der Waals surface area contributed by atoms with Crippen molar-refractivity contribution in [3.8, 4) is 6.07 Å². The smallest absolute Gasteiger partial charge is 0.116 e. The summed E-state index contributed by atoms with van der Waals surface area (Å²) in [4.78, 5) is 4.64. The number of rotatable bonds is 5. The number of hydrogen-bond acceptors (Lipinski definition) is 4. The zero-order valence-electron chi connectivity index (χ0n) is 11.0. The van der Waals surface area contributed by atoms with Crippen LogP contribution in [0.5, 0.6) is 0 Å². The highest BCUT2D eigenvalue weighted by atomic mass is 15.2. The van der Waals surface area contributed by atoms with Crippen LogP contribution in [-0.2, 0) is 0 Å². The van der Waals surface area contributed by atoms with Crippen molar-refractivity contribution in [1.29, 1.82) is 5.26 Å². The second-order valence-corrected chi connectivity index (χ2v) is 5.31. The molecule has 1 aliphatic rings. The SMILES string of the molecule is CNC(C)(C#N)CN(C)CC1CCN(C)C1. The number of nitrogens with one attached hydrogen (secondary N) is 1. The largest absolute Gasteiger partial charge is 0.306 e. The Morgan fingerprint density at radius 1 is 1.62 bits per heavy atom. The van der Waals surface area contributed by atoms with Gasteiger partial charge >= 0.3 is 0 Å². The second-order valence-electron chi connectivity index (χ2n) is 5.31.